The number of carbonyl (C=O) groups is 2. The first-order valence-corrected chi connectivity index (χ1v) is 8.33. The summed E-state index contributed by atoms with van der Waals surface area (Å²) in [6, 6.07) is 4.81. The first-order valence-electron chi connectivity index (χ1n) is 8.33. The molecular weight excluding hydrogens is 308 g/mol. The summed E-state index contributed by atoms with van der Waals surface area (Å²) in [5, 5.41) is 3.00. The van der Waals surface area contributed by atoms with Crippen LogP contribution < -0.4 is 14.8 Å². The SMILES string of the molecule is CCC(C(=O)NC(C)c1cc(OC)ccc1OC)N1CCCC1=O. The Morgan fingerprint density at radius 3 is 2.62 bits per heavy atom. The van der Waals surface area contributed by atoms with Gasteiger partial charge in [0.1, 0.15) is 17.5 Å². The lowest BCUT2D eigenvalue weighted by Gasteiger charge is -2.27. The molecule has 1 N–H and O–H groups in total. The summed E-state index contributed by atoms with van der Waals surface area (Å²) in [6.45, 7) is 4.47. The molecule has 1 aliphatic rings. The first-order chi connectivity index (χ1) is 11.5. The minimum Gasteiger partial charge on any atom is -0.497 e. The van der Waals surface area contributed by atoms with Crippen LogP contribution in [0.1, 0.15) is 44.7 Å². The molecule has 2 unspecified atom stereocenters. The molecule has 1 aromatic carbocycles. The standard InChI is InChI=1S/C18H26N2O4/c1-5-15(20-10-6-7-17(20)21)18(22)19-12(2)14-11-13(23-3)8-9-16(14)24-4/h8-9,11-12,15H,5-7,10H2,1-4H3,(H,19,22). The van der Waals surface area contributed by atoms with E-state index in [2.05, 4.69) is 5.32 Å². The van der Waals surface area contributed by atoms with E-state index in [0.29, 0.717) is 30.9 Å². The molecule has 1 fully saturated rings. The summed E-state index contributed by atoms with van der Waals surface area (Å²) < 4.78 is 10.6. The second-order valence-corrected chi connectivity index (χ2v) is 5.95. The third-order valence-electron chi connectivity index (χ3n) is 4.44. The number of ether oxygens (including phenoxy) is 2. The lowest BCUT2D eigenvalue weighted by molar-refractivity contribution is -0.137. The van der Waals surface area contributed by atoms with Crippen LogP contribution in [0, 0.1) is 0 Å². The van der Waals surface area contributed by atoms with Gasteiger partial charge in [0.15, 0.2) is 0 Å². The van der Waals surface area contributed by atoms with E-state index in [9.17, 15) is 9.59 Å². The van der Waals surface area contributed by atoms with Gasteiger partial charge in [0.05, 0.1) is 20.3 Å². The summed E-state index contributed by atoms with van der Waals surface area (Å²) in [6.07, 6.45) is 1.95. The Bertz CT molecular complexity index is 603. The fourth-order valence-corrected chi connectivity index (χ4v) is 3.11. The van der Waals surface area contributed by atoms with E-state index in [1.165, 1.54) is 0 Å². The number of amides is 2. The number of carbonyl (C=O) groups excluding carboxylic acids is 2. The highest BCUT2D eigenvalue weighted by Crippen LogP contribution is 2.29. The van der Waals surface area contributed by atoms with Crippen molar-refractivity contribution in [3.63, 3.8) is 0 Å². The van der Waals surface area contributed by atoms with Crippen molar-refractivity contribution in [2.45, 2.75) is 45.2 Å². The Labute approximate surface area is 143 Å². The zero-order valence-corrected chi connectivity index (χ0v) is 14.8. The average Bonchev–Trinajstić information content (AvgIpc) is 3.00. The van der Waals surface area contributed by atoms with Gasteiger partial charge >= 0.3 is 0 Å². The molecule has 6 heteroatoms. The van der Waals surface area contributed by atoms with E-state index < -0.39 is 6.04 Å². The molecule has 132 valence electrons. The number of nitrogens with one attached hydrogen (secondary N) is 1. The number of likely N-dealkylation sites (tertiary alicyclic amines) is 1. The van der Waals surface area contributed by atoms with E-state index >= 15 is 0 Å². The Morgan fingerprint density at radius 2 is 2.08 bits per heavy atom. The second kappa shape index (κ2) is 8.04. The van der Waals surface area contributed by atoms with E-state index in [1.807, 2.05) is 32.0 Å². The van der Waals surface area contributed by atoms with Gasteiger partial charge in [-0.05, 0) is 38.0 Å². The van der Waals surface area contributed by atoms with Crippen molar-refractivity contribution in [2.75, 3.05) is 20.8 Å². The quantitative estimate of drug-likeness (QED) is 0.831. The molecule has 0 aliphatic carbocycles. The van der Waals surface area contributed by atoms with Crippen molar-refractivity contribution in [1.82, 2.24) is 10.2 Å². The Balaban J connectivity index is 2.14. The van der Waals surface area contributed by atoms with E-state index in [4.69, 9.17) is 9.47 Å². The maximum atomic E-state index is 12.7. The van der Waals surface area contributed by atoms with Gasteiger partial charge in [0.25, 0.3) is 0 Å². The van der Waals surface area contributed by atoms with Gasteiger partial charge in [-0.3, -0.25) is 9.59 Å². The molecule has 24 heavy (non-hydrogen) atoms. The lowest BCUT2D eigenvalue weighted by Crippen LogP contribution is -2.47. The smallest absolute Gasteiger partial charge is 0.243 e. The minimum absolute atomic E-state index is 0.0589. The van der Waals surface area contributed by atoms with Gasteiger partial charge < -0.3 is 19.7 Å². The maximum absolute atomic E-state index is 12.7. The minimum atomic E-state index is -0.418. The van der Waals surface area contributed by atoms with Crippen LogP contribution >= 0.6 is 0 Å². The van der Waals surface area contributed by atoms with Crippen LogP contribution in [0.25, 0.3) is 0 Å². The predicted octanol–water partition coefficient (Wildman–Crippen LogP) is 2.28. The van der Waals surface area contributed by atoms with Crippen molar-refractivity contribution in [3.8, 4) is 11.5 Å². The van der Waals surface area contributed by atoms with E-state index in [1.54, 1.807) is 19.1 Å². The molecular formula is C18H26N2O4. The van der Waals surface area contributed by atoms with Gasteiger partial charge in [-0.25, -0.2) is 0 Å². The van der Waals surface area contributed by atoms with Crippen LogP contribution in [0.4, 0.5) is 0 Å². The predicted molar refractivity (Wildman–Crippen MR) is 91.1 cm³/mol. The highest BCUT2D eigenvalue weighted by molar-refractivity contribution is 5.88. The third-order valence-corrected chi connectivity index (χ3v) is 4.44. The molecule has 0 bridgehead atoms. The third kappa shape index (κ3) is 3.80. The summed E-state index contributed by atoms with van der Waals surface area (Å²) in [7, 11) is 3.19. The van der Waals surface area contributed by atoms with Gasteiger partial charge in [0, 0.05) is 18.5 Å². The summed E-state index contributed by atoms with van der Waals surface area (Å²) >= 11 is 0. The number of benzene rings is 1. The van der Waals surface area contributed by atoms with Gasteiger partial charge in [-0.1, -0.05) is 6.92 Å². The van der Waals surface area contributed by atoms with Crippen LogP contribution in [-0.4, -0.2) is 43.5 Å². The van der Waals surface area contributed by atoms with Crippen LogP contribution in [0.2, 0.25) is 0 Å². The highest BCUT2D eigenvalue weighted by atomic mass is 16.5. The summed E-state index contributed by atoms with van der Waals surface area (Å²) in [5.74, 6) is 1.32. The fraction of sp³-hybridized carbons (Fsp3) is 0.556. The van der Waals surface area contributed by atoms with Crippen molar-refractivity contribution in [1.29, 1.82) is 0 Å². The Morgan fingerprint density at radius 1 is 1.33 bits per heavy atom. The van der Waals surface area contributed by atoms with Crippen LogP contribution in [0.15, 0.2) is 18.2 Å². The molecule has 0 radical (unpaired) electrons. The number of hydrogen-bond acceptors (Lipinski definition) is 4. The monoisotopic (exact) mass is 334 g/mol. The lowest BCUT2D eigenvalue weighted by atomic mass is 10.1. The molecule has 0 spiro atoms. The summed E-state index contributed by atoms with van der Waals surface area (Å²) in [5.41, 5.74) is 0.841. The number of hydrogen-bond donors (Lipinski definition) is 1. The molecule has 2 rings (SSSR count). The Kier molecular flexibility index (Phi) is 6.06. The topological polar surface area (TPSA) is 67.9 Å². The number of rotatable bonds is 7. The second-order valence-electron chi connectivity index (χ2n) is 5.95. The van der Waals surface area contributed by atoms with Crippen molar-refractivity contribution in [2.24, 2.45) is 0 Å². The zero-order chi connectivity index (χ0) is 17.7. The summed E-state index contributed by atoms with van der Waals surface area (Å²) in [4.78, 5) is 26.3. The fourth-order valence-electron chi connectivity index (χ4n) is 3.11. The van der Waals surface area contributed by atoms with Crippen molar-refractivity contribution >= 4 is 11.8 Å². The van der Waals surface area contributed by atoms with E-state index in [-0.39, 0.29) is 17.9 Å². The van der Waals surface area contributed by atoms with Crippen LogP contribution in [0.5, 0.6) is 11.5 Å². The van der Waals surface area contributed by atoms with Gasteiger partial charge in [-0.2, -0.15) is 0 Å². The van der Waals surface area contributed by atoms with Crippen molar-refractivity contribution in [3.05, 3.63) is 23.8 Å². The molecule has 0 saturated carbocycles. The average molecular weight is 334 g/mol. The van der Waals surface area contributed by atoms with Crippen LogP contribution in [-0.2, 0) is 9.59 Å². The van der Waals surface area contributed by atoms with Crippen LogP contribution in [0.3, 0.4) is 0 Å². The number of nitrogens with zero attached hydrogens (tertiary/aromatic N) is 1. The molecule has 6 nitrogen and oxygen atoms in total. The molecule has 1 heterocycles. The largest absolute Gasteiger partial charge is 0.497 e. The molecule has 0 aromatic heterocycles. The van der Waals surface area contributed by atoms with Gasteiger partial charge in [0.2, 0.25) is 11.8 Å². The molecule has 1 aliphatic heterocycles. The number of methoxy groups -OCH3 is 2. The molecule has 1 aromatic rings. The molecule has 2 atom stereocenters. The Hall–Kier alpha value is -2.24. The molecule has 1 saturated heterocycles. The van der Waals surface area contributed by atoms with E-state index in [0.717, 1.165) is 12.0 Å². The highest BCUT2D eigenvalue weighted by Gasteiger charge is 2.32. The maximum Gasteiger partial charge on any atom is 0.243 e. The zero-order valence-electron chi connectivity index (χ0n) is 14.8. The first kappa shape index (κ1) is 18.1. The normalized spacial score (nSPS) is 16.7. The molecule has 2 amide bonds. The van der Waals surface area contributed by atoms with Gasteiger partial charge in [-0.15, -0.1) is 0 Å². The van der Waals surface area contributed by atoms with Crippen molar-refractivity contribution < 1.29 is 19.1 Å².